The van der Waals surface area contributed by atoms with Crippen LogP contribution in [0.2, 0.25) is 0 Å². The normalized spacial score (nSPS) is 11.3. The fraction of sp³-hybridized carbons (Fsp3) is 0.176. The molecule has 146 valence electrons. The number of carbonyl (C=O) groups is 2. The first kappa shape index (κ1) is 20.5. The highest BCUT2D eigenvalue weighted by atomic mass is 16.6. The van der Waals surface area contributed by atoms with Gasteiger partial charge in [-0.15, -0.1) is 0 Å². The fourth-order valence-electron chi connectivity index (χ4n) is 2.47. The number of hydrogen-bond acceptors (Lipinski definition) is 7. The molecule has 0 aliphatic rings. The van der Waals surface area contributed by atoms with E-state index < -0.39 is 27.7 Å². The zero-order valence-electron chi connectivity index (χ0n) is 14.5. The van der Waals surface area contributed by atoms with Crippen molar-refractivity contribution >= 4 is 23.2 Å². The van der Waals surface area contributed by atoms with Gasteiger partial charge in [-0.05, 0) is 11.1 Å². The highest BCUT2D eigenvalue weighted by Gasteiger charge is 2.21. The predicted octanol–water partition coefficient (Wildman–Crippen LogP) is 0.763. The number of carbonyl (C=O) groups excluding carboxylic acids is 2. The molecule has 1 atom stereocenters. The molecule has 0 aliphatic carbocycles. The number of nitrogens with one attached hydrogen (secondary N) is 2. The Morgan fingerprint density at radius 2 is 1.36 bits per heavy atom. The average Bonchev–Trinajstić information content (AvgIpc) is 2.67. The second-order valence-corrected chi connectivity index (χ2v) is 5.86. The molecule has 28 heavy (non-hydrogen) atoms. The van der Waals surface area contributed by atoms with Gasteiger partial charge in [0, 0.05) is 30.7 Å². The molecule has 0 heterocycles. The number of benzene rings is 2. The van der Waals surface area contributed by atoms with Crippen molar-refractivity contribution in [2.75, 3.05) is 0 Å². The summed E-state index contributed by atoms with van der Waals surface area (Å²) in [4.78, 5) is 44.5. The van der Waals surface area contributed by atoms with Gasteiger partial charge in [0.1, 0.15) is 6.04 Å². The van der Waals surface area contributed by atoms with Crippen LogP contribution in [0.5, 0.6) is 0 Å². The first-order valence-corrected chi connectivity index (χ1v) is 8.06. The van der Waals surface area contributed by atoms with Crippen molar-refractivity contribution in [2.45, 2.75) is 18.9 Å². The van der Waals surface area contributed by atoms with Crippen LogP contribution >= 0.6 is 0 Å². The number of hydrazine groups is 1. The van der Waals surface area contributed by atoms with Crippen molar-refractivity contribution in [1.29, 1.82) is 0 Å². The van der Waals surface area contributed by atoms with Crippen molar-refractivity contribution in [3.63, 3.8) is 0 Å². The maximum atomic E-state index is 12.2. The lowest BCUT2D eigenvalue weighted by Gasteiger charge is -2.17. The molecule has 0 radical (unpaired) electrons. The van der Waals surface area contributed by atoms with Gasteiger partial charge in [-0.2, -0.15) is 0 Å². The van der Waals surface area contributed by atoms with Gasteiger partial charge in [-0.3, -0.25) is 35.2 Å². The van der Waals surface area contributed by atoms with Crippen molar-refractivity contribution < 1.29 is 19.4 Å². The number of non-ortho nitro benzene ring substituents is 2. The van der Waals surface area contributed by atoms with Gasteiger partial charge in [0.2, 0.25) is 5.91 Å². The Balaban J connectivity index is 2.04. The molecule has 2 amide bonds. The maximum absolute atomic E-state index is 12.2. The van der Waals surface area contributed by atoms with Crippen LogP contribution in [0.25, 0.3) is 0 Å². The zero-order chi connectivity index (χ0) is 20.7. The smallest absolute Gasteiger partial charge is 0.269 e. The van der Waals surface area contributed by atoms with Gasteiger partial charge < -0.3 is 5.32 Å². The van der Waals surface area contributed by atoms with Crippen LogP contribution in [0.15, 0.2) is 48.5 Å². The first-order valence-electron chi connectivity index (χ1n) is 8.06. The van der Waals surface area contributed by atoms with Crippen LogP contribution < -0.4 is 16.6 Å². The summed E-state index contributed by atoms with van der Waals surface area (Å²) in [6.45, 7) is 0. The Hall–Kier alpha value is -3.86. The maximum Gasteiger partial charge on any atom is 0.269 e. The van der Waals surface area contributed by atoms with E-state index in [4.69, 9.17) is 5.84 Å². The highest BCUT2D eigenvalue weighted by molar-refractivity contribution is 5.88. The molecular formula is C17H17N5O6. The SMILES string of the molecule is NNC(=O)C(Cc1ccc([N+](=O)[O-])cc1)NC(=O)Cc1ccc([N+](=O)[O-])cc1. The lowest BCUT2D eigenvalue weighted by atomic mass is 10.0. The van der Waals surface area contributed by atoms with Crippen LogP contribution in [-0.4, -0.2) is 27.7 Å². The van der Waals surface area contributed by atoms with Crippen LogP contribution in [-0.2, 0) is 22.4 Å². The van der Waals surface area contributed by atoms with Crippen LogP contribution in [0.3, 0.4) is 0 Å². The molecule has 4 N–H and O–H groups in total. The molecule has 1 unspecified atom stereocenters. The summed E-state index contributed by atoms with van der Waals surface area (Å²) < 4.78 is 0. The third-order valence-corrected chi connectivity index (χ3v) is 3.89. The Kier molecular flexibility index (Phi) is 6.71. The molecule has 0 aliphatic heterocycles. The van der Waals surface area contributed by atoms with E-state index in [2.05, 4.69) is 5.32 Å². The van der Waals surface area contributed by atoms with Crippen LogP contribution in [0.1, 0.15) is 11.1 Å². The van der Waals surface area contributed by atoms with E-state index in [0.717, 1.165) is 0 Å². The second kappa shape index (κ2) is 9.19. The van der Waals surface area contributed by atoms with Gasteiger partial charge >= 0.3 is 0 Å². The quantitative estimate of drug-likeness (QED) is 0.260. The van der Waals surface area contributed by atoms with E-state index in [9.17, 15) is 29.8 Å². The van der Waals surface area contributed by atoms with Gasteiger partial charge in [0.25, 0.3) is 17.3 Å². The molecule has 2 rings (SSSR count). The van der Waals surface area contributed by atoms with Gasteiger partial charge in [0.05, 0.1) is 16.3 Å². The largest absolute Gasteiger partial charge is 0.344 e. The summed E-state index contributed by atoms with van der Waals surface area (Å²) in [5.41, 5.74) is 2.91. The number of nitro groups is 2. The van der Waals surface area contributed by atoms with Crippen molar-refractivity contribution in [1.82, 2.24) is 10.7 Å². The molecule has 0 spiro atoms. The number of nitrogens with zero attached hydrogens (tertiary/aromatic N) is 2. The minimum absolute atomic E-state index is 0.0764. The highest BCUT2D eigenvalue weighted by Crippen LogP contribution is 2.14. The number of amides is 2. The van der Waals surface area contributed by atoms with E-state index in [0.29, 0.717) is 11.1 Å². The topological polar surface area (TPSA) is 170 Å². The average molecular weight is 387 g/mol. The molecule has 2 aromatic rings. The lowest BCUT2D eigenvalue weighted by molar-refractivity contribution is -0.385. The van der Waals surface area contributed by atoms with Crippen molar-refractivity contribution in [2.24, 2.45) is 5.84 Å². The second-order valence-electron chi connectivity index (χ2n) is 5.86. The molecule has 2 aromatic carbocycles. The van der Waals surface area contributed by atoms with E-state index in [-0.39, 0.29) is 24.2 Å². The molecule has 0 fully saturated rings. The van der Waals surface area contributed by atoms with Crippen molar-refractivity contribution in [3.05, 3.63) is 79.9 Å². The number of nitro benzene ring substituents is 2. The van der Waals surface area contributed by atoms with E-state index in [1.54, 1.807) is 0 Å². The number of rotatable bonds is 8. The van der Waals surface area contributed by atoms with Gasteiger partial charge in [-0.25, -0.2) is 5.84 Å². The third-order valence-electron chi connectivity index (χ3n) is 3.89. The number of hydrogen-bond donors (Lipinski definition) is 3. The van der Waals surface area contributed by atoms with Gasteiger partial charge in [-0.1, -0.05) is 24.3 Å². The molecule has 0 bridgehead atoms. The fourth-order valence-corrected chi connectivity index (χ4v) is 2.47. The molecule has 11 heteroatoms. The molecule has 0 saturated carbocycles. The molecule has 11 nitrogen and oxygen atoms in total. The van der Waals surface area contributed by atoms with Crippen LogP contribution in [0.4, 0.5) is 11.4 Å². The van der Waals surface area contributed by atoms with Crippen molar-refractivity contribution in [3.8, 4) is 0 Å². The van der Waals surface area contributed by atoms with E-state index in [1.165, 1.54) is 48.5 Å². The van der Waals surface area contributed by atoms with Gasteiger partial charge in [0.15, 0.2) is 0 Å². The third kappa shape index (κ3) is 5.57. The summed E-state index contributed by atoms with van der Waals surface area (Å²) >= 11 is 0. The molecular weight excluding hydrogens is 370 g/mol. The van der Waals surface area contributed by atoms with Crippen LogP contribution in [0, 0.1) is 20.2 Å². The Morgan fingerprint density at radius 1 is 0.893 bits per heavy atom. The Bertz CT molecular complexity index is 882. The number of nitrogens with two attached hydrogens (primary N) is 1. The minimum Gasteiger partial charge on any atom is -0.344 e. The minimum atomic E-state index is -0.989. The summed E-state index contributed by atoms with van der Waals surface area (Å²) in [6, 6.07) is 10.0. The predicted molar refractivity (Wildman–Crippen MR) is 97.9 cm³/mol. The summed E-state index contributed by atoms with van der Waals surface area (Å²) in [5.74, 6) is 4.05. The summed E-state index contributed by atoms with van der Waals surface area (Å²) in [7, 11) is 0. The standard InChI is InChI=1S/C17H17N5O6/c18-20-17(24)15(9-11-1-5-13(6-2-11)21(25)26)19-16(23)10-12-3-7-14(8-4-12)22(27)28/h1-8,15H,9-10,18H2,(H,19,23)(H,20,24). The van der Waals surface area contributed by atoms with E-state index >= 15 is 0 Å². The Labute approximate surface area is 158 Å². The first-order chi connectivity index (χ1) is 13.3. The summed E-state index contributed by atoms with van der Waals surface area (Å²) in [5, 5.41) is 23.9. The van der Waals surface area contributed by atoms with E-state index in [1.807, 2.05) is 5.43 Å². The molecule has 0 aromatic heterocycles. The molecule has 0 saturated heterocycles. The lowest BCUT2D eigenvalue weighted by Crippen LogP contribution is -2.50. The summed E-state index contributed by atoms with van der Waals surface area (Å²) in [6.07, 6.45) is -0.0142. The monoisotopic (exact) mass is 387 g/mol. The Morgan fingerprint density at radius 3 is 1.79 bits per heavy atom. The zero-order valence-corrected chi connectivity index (χ0v) is 14.5.